The second-order valence-electron chi connectivity index (χ2n) is 4.12. The van der Waals surface area contributed by atoms with Crippen LogP contribution < -0.4 is 9.47 Å². The Morgan fingerprint density at radius 3 is 2.43 bits per heavy atom. The van der Waals surface area contributed by atoms with Crippen molar-refractivity contribution >= 4 is 18.1 Å². The molecule has 1 rings (SSSR count). The zero-order valence-electron chi connectivity index (χ0n) is 12.3. The van der Waals surface area contributed by atoms with Crippen molar-refractivity contribution in [1.29, 1.82) is 0 Å². The maximum atomic E-state index is 11.9. The van der Waals surface area contributed by atoms with Crippen LogP contribution in [0.1, 0.15) is 19.4 Å². The predicted octanol–water partition coefficient (Wildman–Crippen LogP) is 2.63. The molecule has 0 aliphatic heterocycles. The minimum Gasteiger partial charge on any atom is -0.493 e. The summed E-state index contributed by atoms with van der Waals surface area (Å²) in [5, 5.41) is 8.60. The topological polar surface area (TPSA) is 76.1 Å². The van der Waals surface area contributed by atoms with Gasteiger partial charge in [-0.3, -0.25) is 0 Å². The van der Waals surface area contributed by atoms with Gasteiger partial charge < -0.3 is 19.5 Å². The maximum absolute atomic E-state index is 11.9. The number of carboxylic acid groups (broad SMARTS) is 1. The minimum atomic E-state index is -1.04. The van der Waals surface area contributed by atoms with Gasteiger partial charge in [0.05, 0.1) is 7.11 Å². The Morgan fingerprint density at radius 2 is 1.90 bits per heavy atom. The fraction of sp³-hybridized carbons (Fsp3) is 0.333. The molecule has 114 valence electrons. The van der Waals surface area contributed by atoms with Crippen LogP contribution in [0.2, 0.25) is 0 Å². The van der Waals surface area contributed by atoms with E-state index in [-0.39, 0.29) is 0 Å². The van der Waals surface area contributed by atoms with Crippen LogP contribution in [0.25, 0.3) is 6.08 Å². The van der Waals surface area contributed by atoms with Gasteiger partial charge in [-0.2, -0.15) is 0 Å². The normalized spacial score (nSPS) is 10.4. The predicted molar refractivity (Wildman–Crippen MR) is 78.6 cm³/mol. The summed E-state index contributed by atoms with van der Waals surface area (Å²) in [6.07, 6.45) is 2.00. The fourth-order valence-electron chi connectivity index (χ4n) is 1.68. The summed E-state index contributed by atoms with van der Waals surface area (Å²) in [4.78, 5) is 23.9. The summed E-state index contributed by atoms with van der Waals surface area (Å²) in [5.74, 6) is -0.379. The zero-order chi connectivity index (χ0) is 15.8. The molecule has 0 heterocycles. The van der Waals surface area contributed by atoms with Crippen LogP contribution in [0.4, 0.5) is 4.79 Å². The van der Waals surface area contributed by atoms with E-state index in [1.807, 2.05) is 13.8 Å². The van der Waals surface area contributed by atoms with Crippen LogP contribution in [0.3, 0.4) is 0 Å². The van der Waals surface area contributed by atoms with Gasteiger partial charge in [0.2, 0.25) is 0 Å². The smallest absolute Gasteiger partial charge is 0.415 e. The summed E-state index contributed by atoms with van der Waals surface area (Å²) in [6, 6.07) is 4.82. The SMILES string of the molecule is CCN(CC)C(=O)Oc1ccc(/C=C/C(=O)O)cc1OC. The zero-order valence-corrected chi connectivity index (χ0v) is 12.3. The van der Waals surface area contributed by atoms with Crippen LogP contribution in [0.5, 0.6) is 11.5 Å². The summed E-state index contributed by atoms with van der Waals surface area (Å²) >= 11 is 0. The Kier molecular flexibility index (Phi) is 6.26. The first-order valence-corrected chi connectivity index (χ1v) is 6.57. The van der Waals surface area contributed by atoms with E-state index in [0.29, 0.717) is 30.2 Å². The van der Waals surface area contributed by atoms with Crippen LogP contribution in [-0.2, 0) is 4.79 Å². The van der Waals surface area contributed by atoms with Gasteiger partial charge in [0.25, 0.3) is 0 Å². The van der Waals surface area contributed by atoms with Gasteiger partial charge in [-0.1, -0.05) is 6.07 Å². The highest BCUT2D eigenvalue weighted by Crippen LogP contribution is 2.29. The van der Waals surface area contributed by atoms with E-state index in [9.17, 15) is 9.59 Å². The molecule has 0 aliphatic carbocycles. The number of benzene rings is 1. The number of aliphatic carboxylic acids is 1. The van der Waals surface area contributed by atoms with Gasteiger partial charge in [0, 0.05) is 19.2 Å². The first-order valence-electron chi connectivity index (χ1n) is 6.57. The average Bonchev–Trinajstić information content (AvgIpc) is 2.47. The monoisotopic (exact) mass is 293 g/mol. The number of hydrogen-bond acceptors (Lipinski definition) is 4. The molecule has 6 nitrogen and oxygen atoms in total. The Balaban J connectivity index is 2.93. The quantitative estimate of drug-likeness (QED) is 0.816. The number of hydrogen-bond donors (Lipinski definition) is 1. The number of carboxylic acids is 1. The molecule has 0 saturated heterocycles. The van der Waals surface area contributed by atoms with Gasteiger partial charge in [0.15, 0.2) is 11.5 Å². The van der Waals surface area contributed by atoms with Crippen molar-refractivity contribution in [2.24, 2.45) is 0 Å². The summed E-state index contributed by atoms with van der Waals surface area (Å²) in [7, 11) is 1.45. The van der Waals surface area contributed by atoms with Gasteiger partial charge in [-0.25, -0.2) is 9.59 Å². The van der Waals surface area contributed by atoms with Crippen molar-refractivity contribution in [2.75, 3.05) is 20.2 Å². The number of rotatable bonds is 6. The van der Waals surface area contributed by atoms with Gasteiger partial charge in [0.1, 0.15) is 0 Å². The average molecular weight is 293 g/mol. The third-order valence-electron chi connectivity index (χ3n) is 2.82. The molecule has 0 fully saturated rings. The Bertz CT molecular complexity index is 535. The van der Waals surface area contributed by atoms with Crippen molar-refractivity contribution in [3.8, 4) is 11.5 Å². The van der Waals surface area contributed by atoms with Crippen molar-refractivity contribution in [2.45, 2.75) is 13.8 Å². The van der Waals surface area contributed by atoms with Crippen LogP contribution >= 0.6 is 0 Å². The molecule has 1 aromatic rings. The highest BCUT2D eigenvalue weighted by Gasteiger charge is 2.15. The lowest BCUT2D eigenvalue weighted by atomic mass is 10.2. The molecular formula is C15H19NO5. The molecule has 0 aromatic heterocycles. The van der Waals surface area contributed by atoms with Crippen molar-refractivity contribution in [3.05, 3.63) is 29.8 Å². The van der Waals surface area contributed by atoms with E-state index in [1.54, 1.807) is 18.2 Å². The molecule has 1 aromatic carbocycles. The summed E-state index contributed by atoms with van der Waals surface area (Å²) in [5.41, 5.74) is 0.636. The first-order chi connectivity index (χ1) is 10.0. The first kappa shape index (κ1) is 16.6. The Hall–Kier alpha value is -2.50. The van der Waals surface area contributed by atoms with Crippen LogP contribution in [0.15, 0.2) is 24.3 Å². The molecule has 0 saturated carbocycles. The van der Waals surface area contributed by atoms with Crippen LogP contribution in [0, 0.1) is 0 Å². The Labute approximate surface area is 123 Å². The second kappa shape index (κ2) is 7.94. The van der Waals surface area contributed by atoms with E-state index >= 15 is 0 Å². The highest BCUT2D eigenvalue weighted by molar-refractivity contribution is 5.85. The number of ether oxygens (including phenoxy) is 2. The van der Waals surface area contributed by atoms with E-state index in [0.717, 1.165) is 6.08 Å². The molecule has 0 atom stereocenters. The third kappa shape index (κ3) is 4.83. The second-order valence-corrected chi connectivity index (χ2v) is 4.12. The molecule has 0 bridgehead atoms. The minimum absolute atomic E-state index is 0.293. The molecule has 0 unspecified atom stereocenters. The largest absolute Gasteiger partial charge is 0.493 e. The van der Waals surface area contributed by atoms with Crippen molar-refractivity contribution in [1.82, 2.24) is 4.90 Å². The number of nitrogens with zero attached hydrogens (tertiary/aromatic N) is 1. The highest BCUT2D eigenvalue weighted by atomic mass is 16.6. The standard InChI is InChI=1S/C15H19NO5/c1-4-16(5-2)15(19)21-12-8-6-11(7-9-14(17)18)10-13(12)20-3/h6-10H,4-5H2,1-3H3,(H,17,18)/b9-7+. The van der Waals surface area contributed by atoms with E-state index in [2.05, 4.69) is 0 Å². The summed E-state index contributed by atoms with van der Waals surface area (Å²) < 4.78 is 10.4. The number of methoxy groups -OCH3 is 1. The lowest BCUT2D eigenvalue weighted by Crippen LogP contribution is -2.33. The summed E-state index contributed by atoms with van der Waals surface area (Å²) in [6.45, 7) is 4.83. The van der Waals surface area contributed by atoms with Gasteiger partial charge >= 0.3 is 12.1 Å². The number of amides is 1. The lowest BCUT2D eigenvalue weighted by molar-refractivity contribution is -0.131. The number of carbonyl (C=O) groups is 2. The molecule has 0 radical (unpaired) electrons. The lowest BCUT2D eigenvalue weighted by Gasteiger charge is -2.18. The molecule has 1 amide bonds. The molecular weight excluding hydrogens is 274 g/mol. The maximum Gasteiger partial charge on any atom is 0.415 e. The van der Waals surface area contributed by atoms with E-state index in [4.69, 9.17) is 14.6 Å². The molecule has 21 heavy (non-hydrogen) atoms. The van der Waals surface area contributed by atoms with E-state index < -0.39 is 12.1 Å². The van der Waals surface area contributed by atoms with Crippen LogP contribution in [-0.4, -0.2) is 42.3 Å². The molecule has 1 N–H and O–H groups in total. The van der Waals surface area contributed by atoms with Crippen molar-refractivity contribution < 1.29 is 24.2 Å². The Morgan fingerprint density at radius 1 is 1.24 bits per heavy atom. The van der Waals surface area contributed by atoms with Gasteiger partial charge in [-0.05, 0) is 37.6 Å². The number of carbonyl (C=O) groups excluding carboxylic acids is 1. The fourth-order valence-corrected chi connectivity index (χ4v) is 1.68. The molecule has 0 aliphatic rings. The van der Waals surface area contributed by atoms with Crippen molar-refractivity contribution in [3.63, 3.8) is 0 Å². The molecule has 0 spiro atoms. The third-order valence-corrected chi connectivity index (χ3v) is 2.82. The molecule has 6 heteroatoms. The van der Waals surface area contributed by atoms with Gasteiger partial charge in [-0.15, -0.1) is 0 Å². The van der Waals surface area contributed by atoms with E-state index in [1.165, 1.54) is 18.1 Å².